The van der Waals surface area contributed by atoms with Crippen LogP contribution in [0.15, 0.2) is 30.3 Å². The summed E-state index contributed by atoms with van der Waals surface area (Å²) < 4.78 is 69.5. The number of halogens is 3. The highest BCUT2D eigenvalue weighted by atomic mass is 32.2. The van der Waals surface area contributed by atoms with Crippen LogP contribution in [0.2, 0.25) is 0 Å². The molecular weight excluding hydrogens is 375 g/mol. The van der Waals surface area contributed by atoms with Crippen molar-refractivity contribution in [2.75, 3.05) is 13.7 Å². The number of fused-ring (bicyclic) bond motifs is 1. The molecule has 0 heterocycles. The molecule has 142 valence electrons. The number of hydrogen-bond acceptors (Lipinski definition) is 5. The van der Waals surface area contributed by atoms with Crippen molar-refractivity contribution < 1.29 is 35.3 Å². The summed E-state index contributed by atoms with van der Waals surface area (Å²) in [6, 6.07) is 7.22. The van der Waals surface area contributed by atoms with Crippen LogP contribution in [0.1, 0.15) is 12.5 Å². The van der Waals surface area contributed by atoms with E-state index in [1.165, 1.54) is 26.2 Å². The number of benzene rings is 2. The second-order valence-corrected chi connectivity index (χ2v) is 6.92. The Balaban J connectivity index is 2.48. The zero-order valence-electron chi connectivity index (χ0n) is 13.9. The minimum Gasteiger partial charge on any atom is -0.497 e. The lowest BCUT2D eigenvalue weighted by atomic mass is 10.0. The molecule has 0 spiro atoms. The van der Waals surface area contributed by atoms with Crippen molar-refractivity contribution in [2.45, 2.75) is 18.9 Å². The zero-order valence-corrected chi connectivity index (χ0v) is 14.7. The van der Waals surface area contributed by atoms with Gasteiger partial charge in [0.05, 0.1) is 7.11 Å². The van der Waals surface area contributed by atoms with Gasteiger partial charge in [-0.3, -0.25) is 4.79 Å². The van der Waals surface area contributed by atoms with E-state index in [1.807, 2.05) is 0 Å². The molecule has 0 saturated carbocycles. The number of alkyl halides is 3. The summed E-state index contributed by atoms with van der Waals surface area (Å²) in [6.45, 7) is 1.55. The number of methoxy groups -OCH3 is 1. The maximum absolute atomic E-state index is 12.5. The lowest BCUT2D eigenvalue weighted by Crippen LogP contribution is -2.28. The van der Waals surface area contributed by atoms with Gasteiger partial charge in [-0.2, -0.15) is 21.6 Å². The van der Waals surface area contributed by atoms with E-state index in [-0.39, 0.29) is 18.9 Å². The van der Waals surface area contributed by atoms with Crippen LogP contribution in [0.25, 0.3) is 10.8 Å². The summed E-state index contributed by atoms with van der Waals surface area (Å²) in [5, 5.41) is 3.69. The van der Waals surface area contributed by atoms with Gasteiger partial charge < -0.3 is 14.2 Å². The predicted octanol–water partition coefficient (Wildman–Crippen LogP) is 2.76. The van der Waals surface area contributed by atoms with Crippen molar-refractivity contribution in [1.82, 2.24) is 5.32 Å². The van der Waals surface area contributed by atoms with Gasteiger partial charge >= 0.3 is 15.6 Å². The lowest BCUT2D eigenvalue weighted by molar-refractivity contribution is -0.118. The van der Waals surface area contributed by atoms with Crippen LogP contribution >= 0.6 is 0 Å². The van der Waals surface area contributed by atoms with Gasteiger partial charge in [-0.15, -0.1) is 0 Å². The first kappa shape index (κ1) is 19.8. The smallest absolute Gasteiger partial charge is 0.497 e. The number of carbonyl (C=O) groups excluding carboxylic acids is 1. The van der Waals surface area contributed by atoms with Gasteiger partial charge in [-0.05, 0) is 47.0 Å². The molecule has 26 heavy (non-hydrogen) atoms. The molecular formula is C16H16F3NO5S. The van der Waals surface area contributed by atoms with Crippen LogP contribution in [0.4, 0.5) is 13.2 Å². The van der Waals surface area contributed by atoms with Crippen molar-refractivity contribution in [3.63, 3.8) is 0 Å². The predicted molar refractivity (Wildman–Crippen MR) is 88.5 cm³/mol. The first-order valence-corrected chi connectivity index (χ1v) is 8.80. The molecule has 0 aliphatic heterocycles. The molecule has 0 bridgehead atoms. The molecule has 0 aliphatic rings. The van der Waals surface area contributed by atoms with E-state index in [9.17, 15) is 26.4 Å². The van der Waals surface area contributed by atoms with Crippen LogP contribution in [0.3, 0.4) is 0 Å². The molecule has 2 aromatic rings. The van der Waals surface area contributed by atoms with Crippen LogP contribution in [-0.2, 0) is 21.3 Å². The fourth-order valence-corrected chi connectivity index (χ4v) is 2.76. The van der Waals surface area contributed by atoms with Crippen LogP contribution < -0.4 is 14.2 Å². The average molecular weight is 391 g/mol. The highest BCUT2D eigenvalue weighted by Crippen LogP contribution is 2.32. The maximum atomic E-state index is 12.5. The first-order chi connectivity index (χ1) is 12.0. The van der Waals surface area contributed by atoms with E-state index in [0.717, 1.165) is 0 Å². The van der Waals surface area contributed by atoms with Gasteiger partial charge in [0.1, 0.15) is 11.5 Å². The van der Waals surface area contributed by atoms with Gasteiger partial charge in [0.15, 0.2) is 0 Å². The summed E-state index contributed by atoms with van der Waals surface area (Å²) in [7, 11) is -4.31. The summed E-state index contributed by atoms with van der Waals surface area (Å²) in [6.07, 6.45) is 0.256. The molecule has 1 amide bonds. The number of hydrogen-bond donors (Lipinski definition) is 1. The summed E-state index contributed by atoms with van der Waals surface area (Å²) in [5.41, 5.74) is -5.03. The normalized spacial score (nSPS) is 12.0. The van der Waals surface area contributed by atoms with Crippen molar-refractivity contribution in [3.05, 3.63) is 35.9 Å². The summed E-state index contributed by atoms with van der Waals surface area (Å²) in [5.74, 6) is -0.202. The van der Waals surface area contributed by atoms with E-state index >= 15 is 0 Å². The van der Waals surface area contributed by atoms with Crippen molar-refractivity contribution in [3.8, 4) is 11.5 Å². The van der Waals surface area contributed by atoms with Gasteiger partial charge in [0, 0.05) is 13.5 Å². The zero-order chi connectivity index (χ0) is 19.5. The molecule has 1 N–H and O–H groups in total. The van der Waals surface area contributed by atoms with Crippen LogP contribution in [-0.4, -0.2) is 33.5 Å². The largest absolute Gasteiger partial charge is 0.534 e. The molecule has 0 fully saturated rings. The minimum absolute atomic E-state index is 0.219. The SMILES string of the molecule is COc1ccc2cc(OS(=O)(=O)C(F)(F)F)cc(CCNC(C)=O)c2c1. The molecule has 0 aromatic heterocycles. The molecule has 0 radical (unpaired) electrons. The third-order valence-corrected chi connectivity index (χ3v) is 4.46. The minimum atomic E-state index is -5.78. The molecule has 2 rings (SSSR count). The first-order valence-electron chi connectivity index (χ1n) is 7.39. The molecule has 0 saturated heterocycles. The number of rotatable bonds is 6. The second kappa shape index (κ2) is 7.40. The Kier molecular flexibility index (Phi) is 5.65. The van der Waals surface area contributed by atoms with E-state index < -0.39 is 21.4 Å². The number of amides is 1. The molecule has 10 heteroatoms. The molecule has 0 unspecified atom stereocenters. The third kappa shape index (κ3) is 4.57. The van der Waals surface area contributed by atoms with Crippen LogP contribution in [0, 0.1) is 0 Å². The highest BCUT2D eigenvalue weighted by molar-refractivity contribution is 7.88. The van der Waals surface area contributed by atoms with Gasteiger partial charge in [0.2, 0.25) is 5.91 Å². The van der Waals surface area contributed by atoms with E-state index in [0.29, 0.717) is 22.1 Å². The molecule has 6 nitrogen and oxygen atoms in total. The summed E-state index contributed by atoms with van der Waals surface area (Å²) >= 11 is 0. The maximum Gasteiger partial charge on any atom is 0.534 e. The number of carbonyl (C=O) groups is 1. The fraction of sp³-hybridized carbons (Fsp3) is 0.312. The Labute approximate surface area is 148 Å². The quantitative estimate of drug-likeness (QED) is 0.605. The molecule has 0 aliphatic carbocycles. The summed E-state index contributed by atoms with van der Waals surface area (Å²) in [4.78, 5) is 11.0. The van der Waals surface area contributed by atoms with E-state index in [1.54, 1.807) is 18.2 Å². The van der Waals surface area contributed by atoms with Gasteiger partial charge in [-0.25, -0.2) is 0 Å². The monoisotopic (exact) mass is 391 g/mol. The molecule has 2 aromatic carbocycles. The highest BCUT2D eigenvalue weighted by Gasteiger charge is 2.48. The Bertz CT molecular complexity index is 925. The van der Waals surface area contributed by atoms with Crippen molar-refractivity contribution >= 4 is 26.8 Å². The lowest BCUT2D eigenvalue weighted by Gasteiger charge is -2.14. The topological polar surface area (TPSA) is 81.7 Å². The Hall–Kier alpha value is -2.49. The van der Waals surface area contributed by atoms with Crippen molar-refractivity contribution in [2.24, 2.45) is 0 Å². The van der Waals surface area contributed by atoms with Crippen molar-refractivity contribution in [1.29, 1.82) is 0 Å². The standard InChI is InChI=1S/C16H16F3NO5S/c1-10(21)20-6-5-12-8-14(25-26(22,23)16(17,18)19)7-11-3-4-13(24-2)9-15(11)12/h3-4,7-9H,5-6H2,1-2H3,(H,20,21). The average Bonchev–Trinajstić information content (AvgIpc) is 2.52. The van der Waals surface area contributed by atoms with Gasteiger partial charge in [-0.1, -0.05) is 6.07 Å². The Morgan fingerprint density at radius 2 is 1.85 bits per heavy atom. The third-order valence-electron chi connectivity index (χ3n) is 3.48. The van der Waals surface area contributed by atoms with E-state index in [2.05, 4.69) is 9.50 Å². The number of ether oxygens (including phenoxy) is 1. The second-order valence-electron chi connectivity index (χ2n) is 5.39. The fourth-order valence-electron chi connectivity index (χ4n) is 2.31. The molecule has 0 atom stereocenters. The van der Waals surface area contributed by atoms with Gasteiger partial charge in [0.25, 0.3) is 0 Å². The Morgan fingerprint density at radius 3 is 2.42 bits per heavy atom. The Morgan fingerprint density at radius 1 is 1.15 bits per heavy atom. The number of nitrogens with one attached hydrogen (secondary N) is 1. The van der Waals surface area contributed by atoms with Crippen LogP contribution in [0.5, 0.6) is 11.5 Å². The van der Waals surface area contributed by atoms with E-state index in [4.69, 9.17) is 4.74 Å².